The zero-order valence-corrected chi connectivity index (χ0v) is 19.5. The lowest BCUT2D eigenvalue weighted by Crippen LogP contribution is -2.30. The van der Waals surface area contributed by atoms with Crippen molar-refractivity contribution in [3.8, 4) is 17.1 Å². The van der Waals surface area contributed by atoms with Gasteiger partial charge in [-0.1, -0.05) is 0 Å². The number of H-pyrrole nitrogens is 1. The third-order valence-corrected chi connectivity index (χ3v) is 5.57. The second-order valence-corrected chi connectivity index (χ2v) is 8.34. The maximum atomic E-state index is 12.6. The first-order valence-electron chi connectivity index (χ1n) is 9.84. The van der Waals surface area contributed by atoms with Crippen LogP contribution in [-0.2, 0) is 9.53 Å². The molecule has 0 aliphatic rings. The van der Waals surface area contributed by atoms with Crippen molar-refractivity contribution in [3.05, 3.63) is 75.9 Å². The third-order valence-electron chi connectivity index (χ3n) is 4.85. The number of esters is 1. The fraction of sp³-hybridized carbons (Fsp3) is 0.125. The monoisotopic (exact) mass is 541 g/mol. The summed E-state index contributed by atoms with van der Waals surface area (Å²) in [4.78, 5) is 32.7. The number of amides is 1. The predicted octanol–water partition coefficient (Wildman–Crippen LogP) is 5.03. The zero-order valence-electron chi connectivity index (χ0n) is 17.4. The van der Waals surface area contributed by atoms with Crippen molar-refractivity contribution in [3.63, 3.8) is 0 Å². The van der Waals surface area contributed by atoms with E-state index in [4.69, 9.17) is 9.47 Å². The smallest absolute Gasteiger partial charge is 0.338 e. The molecule has 4 aromatic rings. The first-order valence-corrected chi connectivity index (χ1v) is 10.9. The minimum atomic E-state index is -0.950. The number of aromatic amines is 1. The molecule has 0 spiro atoms. The van der Waals surface area contributed by atoms with Gasteiger partial charge in [-0.05, 0) is 96.2 Å². The molecule has 7 nitrogen and oxygen atoms in total. The average molecular weight is 541 g/mol. The second-order valence-electron chi connectivity index (χ2n) is 7.09. The number of benzene rings is 3. The number of carbonyl (C=O) groups is 2. The van der Waals surface area contributed by atoms with Gasteiger partial charge in [-0.2, -0.15) is 0 Å². The van der Waals surface area contributed by atoms with E-state index in [2.05, 4.69) is 37.9 Å². The van der Waals surface area contributed by atoms with Crippen molar-refractivity contribution in [1.29, 1.82) is 0 Å². The molecule has 0 radical (unpaired) electrons. The molecule has 1 unspecified atom stereocenters. The van der Waals surface area contributed by atoms with Crippen LogP contribution in [0.15, 0.2) is 66.7 Å². The van der Waals surface area contributed by atoms with Crippen molar-refractivity contribution in [1.82, 2.24) is 9.97 Å². The van der Waals surface area contributed by atoms with Gasteiger partial charge in [0.1, 0.15) is 11.6 Å². The van der Waals surface area contributed by atoms with Crippen LogP contribution in [0.4, 0.5) is 5.69 Å². The Labute approximate surface area is 198 Å². The minimum absolute atomic E-state index is 0.330. The third kappa shape index (κ3) is 4.91. The number of aromatic nitrogens is 2. The van der Waals surface area contributed by atoms with Crippen molar-refractivity contribution in [2.24, 2.45) is 0 Å². The number of methoxy groups -OCH3 is 1. The summed E-state index contributed by atoms with van der Waals surface area (Å²) in [5.74, 6) is 0.454. The Kier molecular flexibility index (Phi) is 6.40. The second kappa shape index (κ2) is 9.39. The van der Waals surface area contributed by atoms with Crippen LogP contribution < -0.4 is 10.1 Å². The predicted molar refractivity (Wildman–Crippen MR) is 131 cm³/mol. The summed E-state index contributed by atoms with van der Waals surface area (Å²) in [6.07, 6.45) is -0.950. The van der Waals surface area contributed by atoms with Crippen LogP contribution in [0.25, 0.3) is 22.4 Å². The lowest BCUT2D eigenvalue weighted by molar-refractivity contribution is -0.123. The van der Waals surface area contributed by atoms with Gasteiger partial charge in [0.05, 0.1) is 23.7 Å². The van der Waals surface area contributed by atoms with Gasteiger partial charge in [0.2, 0.25) is 0 Å². The van der Waals surface area contributed by atoms with Crippen molar-refractivity contribution in [2.75, 3.05) is 12.4 Å². The van der Waals surface area contributed by atoms with Crippen molar-refractivity contribution in [2.45, 2.75) is 13.0 Å². The SMILES string of the molecule is COc1ccc(-c2nc3ccc(C(=O)OC(C)C(=O)Nc4ccc(I)cc4)cc3[nH]2)cc1. The molecule has 2 N–H and O–H groups in total. The van der Waals surface area contributed by atoms with Gasteiger partial charge < -0.3 is 19.8 Å². The molecule has 0 aliphatic carbocycles. The lowest BCUT2D eigenvalue weighted by Gasteiger charge is -2.13. The van der Waals surface area contributed by atoms with Crippen LogP contribution in [0.3, 0.4) is 0 Å². The topological polar surface area (TPSA) is 93.3 Å². The molecule has 8 heteroatoms. The normalized spacial score (nSPS) is 11.7. The molecule has 4 rings (SSSR count). The highest BCUT2D eigenvalue weighted by Gasteiger charge is 2.20. The van der Waals surface area contributed by atoms with Crippen molar-refractivity contribution < 1.29 is 19.1 Å². The fourth-order valence-corrected chi connectivity index (χ4v) is 3.44. The van der Waals surface area contributed by atoms with Gasteiger partial charge in [0.25, 0.3) is 5.91 Å². The number of imidazole rings is 1. The molecule has 0 bridgehead atoms. The highest BCUT2D eigenvalue weighted by Crippen LogP contribution is 2.24. The molecule has 3 aromatic carbocycles. The summed E-state index contributed by atoms with van der Waals surface area (Å²) < 4.78 is 11.6. The highest BCUT2D eigenvalue weighted by molar-refractivity contribution is 14.1. The summed E-state index contributed by atoms with van der Waals surface area (Å²) >= 11 is 2.19. The Morgan fingerprint density at radius 1 is 1.03 bits per heavy atom. The van der Waals surface area contributed by atoms with Crippen LogP contribution >= 0.6 is 22.6 Å². The van der Waals surface area contributed by atoms with E-state index in [1.165, 1.54) is 6.92 Å². The number of anilines is 1. The molecular weight excluding hydrogens is 521 g/mol. The number of nitrogens with zero attached hydrogens (tertiary/aromatic N) is 1. The maximum absolute atomic E-state index is 12.6. The number of fused-ring (bicyclic) bond motifs is 1. The lowest BCUT2D eigenvalue weighted by atomic mass is 10.2. The molecule has 32 heavy (non-hydrogen) atoms. The van der Waals surface area contributed by atoms with Crippen molar-refractivity contribution >= 4 is 51.2 Å². The van der Waals surface area contributed by atoms with Gasteiger partial charge in [-0.15, -0.1) is 0 Å². The molecule has 1 heterocycles. The quantitative estimate of drug-likeness (QED) is 0.264. The summed E-state index contributed by atoms with van der Waals surface area (Å²) in [6, 6.07) is 19.9. The summed E-state index contributed by atoms with van der Waals surface area (Å²) in [7, 11) is 1.61. The number of ether oxygens (including phenoxy) is 2. The Bertz CT molecular complexity index is 1270. The Hall–Kier alpha value is -3.40. The van der Waals surface area contributed by atoms with E-state index in [1.807, 2.05) is 36.4 Å². The van der Waals surface area contributed by atoms with Crippen LogP contribution in [0.1, 0.15) is 17.3 Å². The fourth-order valence-electron chi connectivity index (χ4n) is 3.08. The zero-order chi connectivity index (χ0) is 22.7. The minimum Gasteiger partial charge on any atom is -0.497 e. The average Bonchev–Trinajstić information content (AvgIpc) is 3.24. The van der Waals surface area contributed by atoms with Gasteiger partial charge in [0, 0.05) is 14.8 Å². The molecule has 162 valence electrons. The van der Waals surface area contributed by atoms with Crippen LogP contribution in [-0.4, -0.2) is 35.1 Å². The maximum Gasteiger partial charge on any atom is 0.338 e. The summed E-state index contributed by atoms with van der Waals surface area (Å²) in [6.45, 7) is 1.54. The van der Waals surface area contributed by atoms with Gasteiger partial charge in [-0.3, -0.25) is 4.79 Å². The number of carbonyl (C=O) groups excluding carboxylic acids is 2. The number of hydrogen-bond donors (Lipinski definition) is 2. The van der Waals surface area contributed by atoms with E-state index in [-0.39, 0.29) is 0 Å². The molecule has 0 fully saturated rings. The van der Waals surface area contributed by atoms with Gasteiger partial charge in [-0.25, -0.2) is 9.78 Å². The Morgan fingerprint density at radius 2 is 1.75 bits per heavy atom. The van der Waals surface area contributed by atoms with Crippen LogP contribution in [0.2, 0.25) is 0 Å². The van der Waals surface area contributed by atoms with E-state index < -0.39 is 18.0 Å². The van der Waals surface area contributed by atoms with E-state index in [0.29, 0.717) is 22.6 Å². The largest absolute Gasteiger partial charge is 0.497 e. The molecule has 1 aromatic heterocycles. The number of nitrogens with one attached hydrogen (secondary N) is 2. The Morgan fingerprint density at radius 3 is 2.44 bits per heavy atom. The van der Waals surface area contributed by atoms with E-state index >= 15 is 0 Å². The molecular formula is C24H20IN3O4. The van der Waals surface area contributed by atoms with E-state index in [9.17, 15) is 9.59 Å². The molecule has 0 aliphatic heterocycles. The molecule has 0 saturated heterocycles. The van der Waals surface area contributed by atoms with Gasteiger partial charge >= 0.3 is 5.97 Å². The van der Waals surface area contributed by atoms with Crippen LogP contribution in [0.5, 0.6) is 5.75 Å². The first kappa shape index (κ1) is 21.8. The standard InChI is InChI=1S/C24H20IN3O4/c1-14(23(29)26-18-8-6-17(25)7-9-18)32-24(30)16-5-12-20-21(13-16)28-22(27-20)15-3-10-19(31-2)11-4-15/h3-14H,1-2H3,(H,26,29)(H,27,28). The molecule has 1 atom stereocenters. The van der Waals surface area contributed by atoms with E-state index in [1.54, 1.807) is 37.4 Å². The molecule has 1 amide bonds. The summed E-state index contributed by atoms with van der Waals surface area (Å²) in [5.41, 5.74) is 3.28. The van der Waals surface area contributed by atoms with Gasteiger partial charge in [0.15, 0.2) is 6.10 Å². The summed E-state index contributed by atoms with van der Waals surface area (Å²) in [5, 5.41) is 2.74. The number of halogens is 1. The van der Waals surface area contributed by atoms with E-state index in [0.717, 1.165) is 20.4 Å². The Balaban J connectivity index is 1.45. The first-order chi connectivity index (χ1) is 15.4. The van der Waals surface area contributed by atoms with Crippen LogP contribution in [0, 0.1) is 3.57 Å². The molecule has 0 saturated carbocycles. The highest BCUT2D eigenvalue weighted by atomic mass is 127. The number of rotatable bonds is 6. The number of hydrogen-bond acceptors (Lipinski definition) is 5.